The minimum Gasteiger partial charge on any atom is -0.307 e. The maximum absolute atomic E-state index is 13.4. The zero-order chi connectivity index (χ0) is 12.3. The Morgan fingerprint density at radius 1 is 1.12 bits per heavy atom. The Labute approximate surface area is 101 Å². The fourth-order valence-electron chi connectivity index (χ4n) is 2.51. The topological polar surface area (TPSA) is 12.0 Å². The van der Waals surface area contributed by atoms with Crippen molar-refractivity contribution < 1.29 is 8.78 Å². The van der Waals surface area contributed by atoms with Gasteiger partial charge in [-0.15, -0.1) is 0 Å². The monoisotopic (exact) mass is 239 g/mol. The van der Waals surface area contributed by atoms with Crippen molar-refractivity contribution in [3.63, 3.8) is 0 Å². The Morgan fingerprint density at radius 2 is 1.71 bits per heavy atom. The van der Waals surface area contributed by atoms with E-state index in [-0.39, 0.29) is 17.6 Å². The first-order valence-corrected chi connectivity index (χ1v) is 6.29. The highest BCUT2D eigenvalue weighted by Crippen LogP contribution is 2.28. The average molecular weight is 239 g/mol. The van der Waals surface area contributed by atoms with Crippen LogP contribution in [0.15, 0.2) is 18.2 Å². The molecule has 1 aliphatic rings. The highest BCUT2D eigenvalue weighted by molar-refractivity contribution is 5.19. The molecule has 3 heteroatoms. The Morgan fingerprint density at radius 3 is 2.29 bits per heavy atom. The van der Waals surface area contributed by atoms with Crippen LogP contribution < -0.4 is 5.32 Å². The zero-order valence-electron chi connectivity index (χ0n) is 10.2. The van der Waals surface area contributed by atoms with Gasteiger partial charge >= 0.3 is 0 Å². The van der Waals surface area contributed by atoms with Crippen LogP contribution in [-0.4, -0.2) is 5.54 Å². The maximum atomic E-state index is 13.4. The molecule has 1 fully saturated rings. The minimum atomic E-state index is -0.461. The molecule has 17 heavy (non-hydrogen) atoms. The fraction of sp³-hybridized carbons (Fsp3) is 0.571. The fourth-order valence-corrected chi connectivity index (χ4v) is 2.51. The number of hydrogen-bond donors (Lipinski definition) is 1. The Bertz CT molecular complexity index is 364. The second-order valence-electron chi connectivity index (χ2n) is 5.18. The zero-order valence-corrected chi connectivity index (χ0v) is 10.2. The van der Waals surface area contributed by atoms with E-state index in [0.717, 1.165) is 12.8 Å². The summed E-state index contributed by atoms with van der Waals surface area (Å²) >= 11 is 0. The normalized spacial score (nSPS) is 19.2. The van der Waals surface area contributed by atoms with Crippen molar-refractivity contribution in [2.45, 2.75) is 51.1 Å². The van der Waals surface area contributed by atoms with Gasteiger partial charge in [-0.3, -0.25) is 0 Å². The van der Waals surface area contributed by atoms with E-state index in [2.05, 4.69) is 12.2 Å². The van der Waals surface area contributed by atoms with Gasteiger partial charge in [-0.25, -0.2) is 8.78 Å². The number of hydrogen-bond acceptors (Lipinski definition) is 1. The van der Waals surface area contributed by atoms with E-state index in [9.17, 15) is 8.78 Å². The van der Waals surface area contributed by atoms with Crippen LogP contribution >= 0.6 is 0 Å². The van der Waals surface area contributed by atoms with Crippen LogP contribution in [-0.2, 0) is 6.54 Å². The summed E-state index contributed by atoms with van der Waals surface area (Å²) in [7, 11) is 0. The predicted octanol–water partition coefficient (Wildman–Crippen LogP) is 3.78. The molecule has 0 radical (unpaired) electrons. The van der Waals surface area contributed by atoms with Gasteiger partial charge in [-0.1, -0.05) is 25.3 Å². The molecule has 0 atom stereocenters. The Balaban J connectivity index is 2.02. The summed E-state index contributed by atoms with van der Waals surface area (Å²) in [6.07, 6.45) is 5.84. The van der Waals surface area contributed by atoms with Gasteiger partial charge in [0.1, 0.15) is 11.6 Å². The summed E-state index contributed by atoms with van der Waals surface area (Å²) in [5.41, 5.74) is 0.187. The molecule has 0 aliphatic heterocycles. The molecule has 0 saturated heterocycles. The van der Waals surface area contributed by atoms with Crippen molar-refractivity contribution in [3.8, 4) is 0 Å². The van der Waals surface area contributed by atoms with Crippen LogP contribution in [0, 0.1) is 11.6 Å². The van der Waals surface area contributed by atoms with Crippen molar-refractivity contribution in [1.29, 1.82) is 0 Å². The summed E-state index contributed by atoms with van der Waals surface area (Å²) < 4.78 is 26.9. The molecular formula is C14H19F2N. The Kier molecular flexibility index (Phi) is 3.77. The van der Waals surface area contributed by atoms with E-state index >= 15 is 0 Å². The number of rotatable bonds is 3. The van der Waals surface area contributed by atoms with Crippen LogP contribution in [0.2, 0.25) is 0 Å². The molecule has 0 spiro atoms. The van der Waals surface area contributed by atoms with E-state index in [1.165, 1.54) is 37.5 Å². The van der Waals surface area contributed by atoms with Crippen LogP contribution in [0.3, 0.4) is 0 Å². The number of halogens is 2. The van der Waals surface area contributed by atoms with Gasteiger partial charge in [0.05, 0.1) is 0 Å². The van der Waals surface area contributed by atoms with Gasteiger partial charge in [0, 0.05) is 17.6 Å². The van der Waals surface area contributed by atoms with Gasteiger partial charge in [0.25, 0.3) is 0 Å². The van der Waals surface area contributed by atoms with Gasteiger partial charge in [-0.05, 0) is 31.9 Å². The summed E-state index contributed by atoms with van der Waals surface area (Å²) in [6.45, 7) is 2.42. The summed E-state index contributed by atoms with van der Waals surface area (Å²) in [5, 5.41) is 3.32. The van der Waals surface area contributed by atoms with Crippen LogP contribution in [0.1, 0.15) is 44.6 Å². The third-order valence-electron chi connectivity index (χ3n) is 3.71. The van der Waals surface area contributed by atoms with Crippen LogP contribution in [0.25, 0.3) is 0 Å². The van der Waals surface area contributed by atoms with Crippen LogP contribution in [0.4, 0.5) is 8.78 Å². The van der Waals surface area contributed by atoms with E-state index in [1.54, 1.807) is 0 Å². The molecule has 2 rings (SSSR count). The summed E-state index contributed by atoms with van der Waals surface area (Å²) in [5.74, 6) is -0.922. The molecule has 94 valence electrons. The molecule has 1 saturated carbocycles. The second kappa shape index (κ2) is 5.13. The third-order valence-corrected chi connectivity index (χ3v) is 3.71. The smallest absolute Gasteiger partial charge is 0.130 e. The third kappa shape index (κ3) is 3.03. The molecule has 0 unspecified atom stereocenters. The predicted molar refractivity (Wildman–Crippen MR) is 64.7 cm³/mol. The molecule has 0 amide bonds. The van der Waals surface area contributed by atoms with E-state index < -0.39 is 11.6 Å². The lowest BCUT2D eigenvalue weighted by atomic mass is 9.83. The first-order valence-electron chi connectivity index (χ1n) is 6.29. The average Bonchev–Trinajstić information content (AvgIpc) is 2.29. The highest BCUT2D eigenvalue weighted by atomic mass is 19.1. The van der Waals surface area contributed by atoms with E-state index in [4.69, 9.17) is 0 Å². The molecule has 0 aromatic heterocycles. The molecule has 1 aliphatic carbocycles. The number of benzene rings is 1. The van der Waals surface area contributed by atoms with Crippen molar-refractivity contribution in [3.05, 3.63) is 35.4 Å². The maximum Gasteiger partial charge on any atom is 0.130 e. The molecule has 0 heterocycles. The van der Waals surface area contributed by atoms with Gasteiger partial charge in [0.15, 0.2) is 0 Å². The summed E-state index contributed by atoms with van der Waals surface area (Å²) in [6, 6.07) is 4.02. The lowest BCUT2D eigenvalue weighted by molar-refractivity contribution is 0.250. The lowest BCUT2D eigenvalue weighted by Gasteiger charge is -2.35. The molecule has 0 bridgehead atoms. The quantitative estimate of drug-likeness (QED) is 0.846. The molecule has 1 aromatic rings. The van der Waals surface area contributed by atoms with Crippen molar-refractivity contribution in [2.24, 2.45) is 0 Å². The molecular weight excluding hydrogens is 220 g/mol. The van der Waals surface area contributed by atoms with Crippen molar-refractivity contribution in [2.75, 3.05) is 0 Å². The molecule has 1 nitrogen and oxygen atoms in total. The number of nitrogens with one attached hydrogen (secondary N) is 1. The second-order valence-corrected chi connectivity index (χ2v) is 5.18. The molecule has 1 N–H and O–H groups in total. The SMILES string of the molecule is CC1(NCc2c(F)cccc2F)CCCCC1. The first-order chi connectivity index (χ1) is 8.11. The Hall–Kier alpha value is -0.960. The van der Waals surface area contributed by atoms with Gasteiger partial charge < -0.3 is 5.32 Å². The van der Waals surface area contributed by atoms with Gasteiger partial charge in [0.2, 0.25) is 0 Å². The first kappa shape index (κ1) is 12.5. The van der Waals surface area contributed by atoms with E-state index in [0.29, 0.717) is 0 Å². The minimum absolute atomic E-state index is 0.0347. The van der Waals surface area contributed by atoms with Crippen molar-refractivity contribution in [1.82, 2.24) is 5.32 Å². The van der Waals surface area contributed by atoms with Crippen LogP contribution in [0.5, 0.6) is 0 Å². The van der Waals surface area contributed by atoms with Crippen molar-refractivity contribution >= 4 is 0 Å². The van der Waals surface area contributed by atoms with Gasteiger partial charge in [-0.2, -0.15) is 0 Å². The molecule has 1 aromatic carbocycles. The lowest BCUT2D eigenvalue weighted by Crippen LogP contribution is -2.43. The summed E-state index contributed by atoms with van der Waals surface area (Å²) in [4.78, 5) is 0. The highest BCUT2D eigenvalue weighted by Gasteiger charge is 2.26. The largest absolute Gasteiger partial charge is 0.307 e. The standard InChI is InChI=1S/C14H19F2N/c1-14(8-3-2-4-9-14)17-10-11-12(15)6-5-7-13(11)16/h5-7,17H,2-4,8-10H2,1H3. The van der Waals surface area contributed by atoms with E-state index in [1.807, 2.05) is 0 Å².